The van der Waals surface area contributed by atoms with E-state index in [4.69, 9.17) is 0 Å². The lowest BCUT2D eigenvalue weighted by molar-refractivity contribution is 0.598. The predicted molar refractivity (Wildman–Crippen MR) is 73.1 cm³/mol. The molecule has 0 atom stereocenters. The van der Waals surface area contributed by atoms with Crippen molar-refractivity contribution in [3.05, 3.63) is 0 Å². The zero-order valence-corrected chi connectivity index (χ0v) is 12.1. The van der Waals surface area contributed by atoms with Crippen LogP contribution in [0.4, 0.5) is 0 Å². The third-order valence-electron chi connectivity index (χ3n) is 1.94. The average molecular weight is 263 g/mol. The molecule has 0 unspecified atom stereocenters. The zero-order valence-electron chi connectivity index (χ0n) is 11.3. The molecule has 0 radical (unpaired) electrons. The molecule has 17 heavy (non-hydrogen) atoms. The normalized spacial score (nSPS) is 12.9. The highest BCUT2D eigenvalue weighted by Crippen LogP contribution is 1.91. The standard InChI is InChI=1S/C11H25N3O2S/c1-5-12-11(14-9-10(2)3)13-7-6-8-17(4,15)16/h10H,5-9H2,1-4H3,(H2,12,13,14). The molecule has 2 N–H and O–H groups in total. The third-order valence-corrected chi connectivity index (χ3v) is 2.97. The molecule has 102 valence electrons. The summed E-state index contributed by atoms with van der Waals surface area (Å²) in [6.45, 7) is 8.41. The Morgan fingerprint density at radius 1 is 1.29 bits per heavy atom. The number of hydrogen-bond donors (Lipinski definition) is 2. The first kappa shape index (κ1) is 16.2. The lowest BCUT2D eigenvalue weighted by Gasteiger charge is -2.11. The molecule has 5 nitrogen and oxygen atoms in total. The minimum atomic E-state index is -2.86. The molecule has 0 aliphatic rings. The van der Waals surface area contributed by atoms with E-state index in [2.05, 4.69) is 29.5 Å². The minimum Gasteiger partial charge on any atom is -0.357 e. The minimum absolute atomic E-state index is 0.212. The van der Waals surface area contributed by atoms with Crippen molar-refractivity contribution in [2.24, 2.45) is 10.9 Å². The molecule has 0 saturated heterocycles. The number of sulfone groups is 1. The topological polar surface area (TPSA) is 70.6 Å². The van der Waals surface area contributed by atoms with Gasteiger partial charge in [0.25, 0.3) is 0 Å². The largest absolute Gasteiger partial charge is 0.357 e. The van der Waals surface area contributed by atoms with E-state index in [9.17, 15) is 8.42 Å². The van der Waals surface area contributed by atoms with Gasteiger partial charge >= 0.3 is 0 Å². The van der Waals surface area contributed by atoms with Gasteiger partial charge in [-0.3, -0.25) is 4.99 Å². The van der Waals surface area contributed by atoms with E-state index in [1.807, 2.05) is 6.92 Å². The first-order valence-corrected chi connectivity index (χ1v) is 8.11. The monoisotopic (exact) mass is 263 g/mol. The summed E-state index contributed by atoms with van der Waals surface area (Å²) in [5.74, 6) is 1.49. The van der Waals surface area contributed by atoms with Gasteiger partial charge in [0.05, 0.1) is 5.75 Å². The van der Waals surface area contributed by atoms with Crippen LogP contribution in [-0.2, 0) is 9.84 Å². The van der Waals surface area contributed by atoms with Crippen LogP contribution in [0.25, 0.3) is 0 Å². The molecule has 0 aromatic carbocycles. The summed E-state index contributed by atoms with van der Waals surface area (Å²) in [5, 5.41) is 6.25. The molecule has 0 aromatic rings. The van der Waals surface area contributed by atoms with Gasteiger partial charge in [-0.15, -0.1) is 0 Å². The maximum absolute atomic E-state index is 10.9. The Morgan fingerprint density at radius 3 is 2.41 bits per heavy atom. The molecule has 0 heterocycles. The van der Waals surface area contributed by atoms with E-state index in [0.29, 0.717) is 18.9 Å². The van der Waals surface area contributed by atoms with Crippen molar-refractivity contribution < 1.29 is 8.42 Å². The number of nitrogens with zero attached hydrogens (tertiary/aromatic N) is 1. The fourth-order valence-corrected chi connectivity index (χ4v) is 1.83. The molecule has 6 heteroatoms. The zero-order chi connectivity index (χ0) is 13.3. The van der Waals surface area contributed by atoms with E-state index in [-0.39, 0.29) is 5.75 Å². The Balaban J connectivity index is 3.97. The van der Waals surface area contributed by atoms with Gasteiger partial charge in [-0.05, 0) is 19.3 Å². The Kier molecular flexibility index (Phi) is 7.95. The van der Waals surface area contributed by atoms with Gasteiger partial charge in [0.15, 0.2) is 5.96 Å². The molecule has 0 aliphatic carbocycles. The van der Waals surface area contributed by atoms with E-state index < -0.39 is 9.84 Å². The Morgan fingerprint density at radius 2 is 1.94 bits per heavy atom. The van der Waals surface area contributed by atoms with Crippen molar-refractivity contribution in [2.75, 3.05) is 31.6 Å². The van der Waals surface area contributed by atoms with Gasteiger partial charge in [0.2, 0.25) is 0 Å². The smallest absolute Gasteiger partial charge is 0.191 e. The van der Waals surface area contributed by atoms with E-state index in [1.54, 1.807) is 0 Å². The second-order valence-electron chi connectivity index (χ2n) is 4.52. The molecule has 0 aliphatic heterocycles. The van der Waals surface area contributed by atoms with Gasteiger partial charge < -0.3 is 10.6 Å². The molecular weight excluding hydrogens is 238 g/mol. The van der Waals surface area contributed by atoms with Crippen molar-refractivity contribution >= 4 is 15.8 Å². The van der Waals surface area contributed by atoms with E-state index in [1.165, 1.54) is 6.26 Å². The number of guanidine groups is 1. The van der Waals surface area contributed by atoms with Crippen molar-refractivity contribution in [1.29, 1.82) is 0 Å². The van der Waals surface area contributed by atoms with Crippen molar-refractivity contribution in [2.45, 2.75) is 27.2 Å². The van der Waals surface area contributed by atoms with Gasteiger partial charge in [0, 0.05) is 25.9 Å². The number of rotatable bonds is 7. The second kappa shape index (κ2) is 8.33. The summed E-state index contributed by atoms with van der Waals surface area (Å²) < 4.78 is 21.9. The summed E-state index contributed by atoms with van der Waals surface area (Å²) in [5.41, 5.74) is 0. The molecule has 0 fully saturated rings. The van der Waals surface area contributed by atoms with Crippen LogP contribution < -0.4 is 10.6 Å². The summed E-state index contributed by atoms with van der Waals surface area (Å²) in [7, 11) is -2.86. The molecule has 0 spiro atoms. The van der Waals surface area contributed by atoms with Crippen LogP contribution in [0.2, 0.25) is 0 Å². The molecule has 0 saturated carbocycles. The summed E-state index contributed by atoms with van der Waals surface area (Å²) in [6, 6.07) is 0. The van der Waals surface area contributed by atoms with Crippen LogP contribution >= 0.6 is 0 Å². The average Bonchev–Trinajstić information content (AvgIpc) is 2.19. The highest BCUT2D eigenvalue weighted by Gasteiger charge is 2.02. The predicted octanol–water partition coefficient (Wildman–Crippen LogP) is 0.632. The molecule has 0 bridgehead atoms. The number of hydrogen-bond acceptors (Lipinski definition) is 3. The lowest BCUT2D eigenvalue weighted by atomic mass is 10.2. The van der Waals surface area contributed by atoms with Gasteiger partial charge in [-0.1, -0.05) is 13.8 Å². The van der Waals surface area contributed by atoms with Crippen molar-refractivity contribution in [3.8, 4) is 0 Å². The highest BCUT2D eigenvalue weighted by atomic mass is 32.2. The maximum atomic E-state index is 10.9. The molecule has 0 rings (SSSR count). The van der Waals surface area contributed by atoms with Crippen molar-refractivity contribution in [3.63, 3.8) is 0 Å². The third kappa shape index (κ3) is 11.5. The lowest BCUT2D eigenvalue weighted by Crippen LogP contribution is -2.38. The van der Waals surface area contributed by atoms with Crippen molar-refractivity contribution in [1.82, 2.24) is 10.6 Å². The van der Waals surface area contributed by atoms with E-state index in [0.717, 1.165) is 19.0 Å². The second-order valence-corrected chi connectivity index (χ2v) is 6.78. The molecule has 0 amide bonds. The van der Waals surface area contributed by atoms with Crippen LogP contribution in [0, 0.1) is 5.92 Å². The first-order valence-electron chi connectivity index (χ1n) is 6.05. The maximum Gasteiger partial charge on any atom is 0.191 e. The van der Waals surface area contributed by atoms with Crippen LogP contribution in [0.1, 0.15) is 27.2 Å². The van der Waals surface area contributed by atoms with Crippen LogP contribution in [0.15, 0.2) is 4.99 Å². The molecule has 0 aromatic heterocycles. The van der Waals surface area contributed by atoms with Gasteiger partial charge in [-0.2, -0.15) is 0 Å². The summed E-state index contributed by atoms with van der Waals surface area (Å²) in [4.78, 5) is 4.39. The summed E-state index contributed by atoms with van der Waals surface area (Å²) in [6.07, 6.45) is 1.86. The van der Waals surface area contributed by atoms with E-state index >= 15 is 0 Å². The van der Waals surface area contributed by atoms with Crippen LogP contribution in [-0.4, -0.2) is 46.0 Å². The van der Waals surface area contributed by atoms with Gasteiger partial charge in [0.1, 0.15) is 9.84 Å². The Labute approximate surface area is 105 Å². The Bertz CT molecular complexity index is 324. The molecular formula is C11H25N3O2S. The quantitative estimate of drug-likeness (QED) is 0.401. The van der Waals surface area contributed by atoms with Crippen LogP contribution in [0.3, 0.4) is 0 Å². The fourth-order valence-electron chi connectivity index (χ4n) is 1.16. The number of nitrogens with one attached hydrogen (secondary N) is 2. The SMILES string of the molecule is CCNC(=NCC(C)C)NCCCS(C)(=O)=O. The number of aliphatic imine (C=N–C) groups is 1. The highest BCUT2D eigenvalue weighted by molar-refractivity contribution is 7.90. The Hall–Kier alpha value is -0.780. The fraction of sp³-hybridized carbons (Fsp3) is 0.909. The van der Waals surface area contributed by atoms with Gasteiger partial charge in [-0.25, -0.2) is 8.42 Å². The first-order chi connectivity index (χ1) is 7.85. The summed E-state index contributed by atoms with van der Waals surface area (Å²) >= 11 is 0. The van der Waals surface area contributed by atoms with Crippen LogP contribution in [0.5, 0.6) is 0 Å².